The fraction of sp³-hybridized carbons (Fsp3) is 0.667. The lowest BCUT2D eigenvalue weighted by atomic mass is 9.80. The average Bonchev–Trinajstić information content (AvgIpc) is 2.48. The summed E-state index contributed by atoms with van der Waals surface area (Å²) in [7, 11) is 2.06. The number of nitrogens with zero attached hydrogens (tertiary/aromatic N) is 1. The molecular weight excluding hydrogens is 260 g/mol. The maximum Gasteiger partial charge on any atom is 0.124 e. The predicted molar refractivity (Wildman–Crippen MR) is 86.7 cm³/mol. The van der Waals surface area contributed by atoms with Crippen molar-refractivity contribution in [2.75, 3.05) is 26.7 Å². The van der Waals surface area contributed by atoms with Crippen LogP contribution in [0.1, 0.15) is 44.7 Å². The number of nitrogens with one attached hydrogen (secondary N) is 1. The minimum absolute atomic E-state index is 0.0372. The SMILES string of the molecule is CNC1CC2(CCN(CC(C)C)CC2)Oc2ccccc21. The molecule has 0 bridgehead atoms. The van der Waals surface area contributed by atoms with Gasteiger partial charge in [0.25, 0.3) is 0 Å². The van der Waals surface area contributed by atoms with Crippen LogP contribution >= 0.6 is 0 Å². The van der Waals surface area contributed by atoms with Crippen molar-refractivity contribution in [2.45, 2.75) is 44.8 Å². The third-order valence-electron chi connectivity index (χ3n) is 4.94. The van der Waals surface area contributed by atoms with Gasteiger partial charge in [-0.15, -0.1) is 0 Å². The number of likely N-dealkylation sites (tertiary alicyclic amines) is 1. The Balaban J connectivity index is 1.73. The highest BCUT2D eigenvalue weighted by molar-refractivity contribution is 5.39. The van der Waals surface area contributed by atoms with E-state index in [1.54, 1.807) is 0 Å². The van der Waals surface area contributed by atoms with Gasteiger partial charge in [-0.2, -0.15) is 0 Å². The van der Waals surface area contributed by atoms with Gasteiger partial charge in [-0.1, -0.05) is 32.0 Å². The molecule has 1 N–H and O–H groups in total. The molecule has 3 rings (SSSR count). The van der Waals surface area contributed by atoms with Crippen LogP contribution in [0.2, 0.25) is 0 Å². The van der Waals surface area contributed by atoms with Crippen LogP contribution in [0.3, 0.4) is 0 Å². The van der Waals surface area contributed by atoms with Crippen LogP contribution < -0.4 is 10.1 Å². The Morgan fingerprint density at radius 3 is 2.67 bits per heavy atom. The van der Waals surface area contributed by atoms with Crippen molar-refractivity contribution in [1.29, 1.82) is 0 Å². The van der Waals surface area contributed by atoms with Crippen LogP contribution in [0.5, 0.6) is 5.75 Å². The van der Waals surface area contributed by atoms with Crippen LogP contribution in [0.4, 0.5) is 0 Å². The fourth-order valence-electron chi connectivity index (χ4n) is 3.84. The smallest absolute Gasteiger partial charge is 0.124 e. The molecule has 0 amide bonds. The molecule has 1 saturated heterocycles. The molecule has 0 radical (unpaired) electrons. The molecule has 21 heavy (non-hydrogen) atoms. The van der Waals surface area contributed by atoms with E-state index in [0.29, 0.717) is 6.04 Å². The molecule has 2 aliphatic heterocycles. The fourth-order valence-corrected chi connectivity index (χ4v) is 3.84. The zero-order valence-electron chi connectivity index (χ0n) is 13.6. The lowest BCUT2D eigenvalue weighted by Gasteiger charge is -2.47. The first-order valence-electron chi connectivity index (χ1n) is 8.29. The summed E-state index contributed by atoms with van der Waals surface area (Å²) in [6.07, 6.45) is 3.38. The van der Waals surface area contributed by atoms with Crippen molar-refractivity contribution in [3.8, 4) is 5.75 Å². The van der Waals surface area contributed by atoms with Gasteiger partial charge in [0.05, 0.1) is 0 Å². The normalized spacial score (nSPS) is 24.9. The van der Waals surface area contributed by atoms with E-state index < -0.39 is 0 Å². The molecule has 1 unspecified atom stereocenters. The summed E-state index contributed by atoms with van der Waals surface area (Å²) in [4.78, 5) is 2.59. The van der Waals surface area contributed by atoms with E-state index in [2.05, 4.69) is 55.4 Å². The summed E-state index contributed by atoms with van der Waals surface area (Å²) in [6.45, 7) is 8.14. The summed E-state index contributed by atoms with van der Waals surface area (Å²) in [5.41, 5.74) is 1.35. The van der Waals surface area contributed by atoms with Gasteiger partial charge in [0.1, 0.15) is 11.4 Å². The summed E-state index contributed by atoms with van der Waals surface area (Å²) in [6, 6.07) is 8.93. The first-order valence-corrected chi connectivity index (χ1v) is 8.29. The van der Waals surface area contributed by atoms with Crippen molar-refractivity contribution in [2.24, 2.45) is 5.92 Å². The zero-order chi connectivity index (χ0) is 14.9. The number of fused-ring (bicyclic) bond motifs is 1. The molecule has 2 heterocycles. The second-order valence-corrected chi connectivity index (χ2v) is 7.06. The Bertz CT molecular complexity index is 478. The Labute approximate surface area is 128 Å². The highest BCUT2D eigenvalue weighted by Gasteiger charge is 2.42. The van der Waals surface area contributed by atoms with Gasteiger partial charge in [0.2, 0.25) is 0 Å². The van der Waals surface area contributed by atoms with Gasteiger partial charge in [-0.05, 0) is 31.9 Å². The van der Waals surface area contributed by atoms with Crippen molar-refractivity contribution < 1.29 is 4.74 Å². The van der Waals surface area contributed by atoms with E-state index in [4.69, 9.17) is 4.74 Å². The third-order valence-corrected chi connectivity index (χ3v) is 4.94. The van der Waals surface area contributed by atoms with E-state index in [0.717, 1.165) is 44.0 Å². The van der Waals surface area contributed by atoms with Crippen LogP contribution in [0, 0.1) is 5.92 Å². The molecular formula is C18H28N2O. The van der Waals surface area contributed by atoms with E-state index in [1.807, 2.05) is 0 Å². The molecule has 3 nitrogen and oxygen atoms in total. The first kappa shape index (κ1) is 14.9. The first-order chi connectivity index (χ1) is 10.1. The van der Waals surface area contributed by atoms with Gasteiger partial charge in [0.15, 0.2) is 0 Å². The predicted octanol–water partition coefficient (Wildman–Crippen LogP) is 3.22. The summed E-state index contributed by atoms with van der Waals surface area (Å²) in [5, 5.41) is 3.48. The molecule has 116 valence electrons. The van der Waals surface area contributed by atoms with Gasteiger partial charge in [0, 0.05) is 37.7 Å². The van der Waals surface area contributed by atoms with Crippen molar-refractivity contribution in [3.63, 3.8) is 0 Å². The summed E-state index contributed by atoms with van der Waals surface area (Å²) in [5.74, 6) is 1.83. The highest BCUT2D eigenvalue weighted by Crippen LogP contribution is 2.43. The second kappa shape index (κ2) is 5.98. The van der Waals surface area contributed by atoms with E-state index in [-0.39, 0.29) is 5.60 Å². The number of benzene rings is 1. The van der Waals surface area contributed by atoms with Crippen LogP contribution in [0.25, 0.3) is 0 Å². The molecule has 2 aliphatic rings. The van der Waals surface area contributed by atoms with Gasteiger partial charge < -0.3 is 15.0 Å². The molecule has 1 spiro atoms. The summed E-state index contributed by atoms with van der Waals surface area (Å²) < 4.78 is 6.48. The molecule has 1 aromatic rings. The highest BCUT2D eigenvalue weighted by atomic mass is 16.5. The van der Waals surface area contributed by atoms with Crippen molar-refractivity contribution >= 4 is 0 Å². The molecule has 0 saturated carbocycles. The average molecular weight is 288 g/mol. The third kappa shape index (κ3) is 3.09. The minimum Gasteiger partial charge on any atom is -0.487 e. The second-order valence-electron chi connectivity index (χ2n) is 7.06. The maximum absolute atomic E-state index is 6.48. The molecule has 3 heteroatoms. The number of hydrogen-bond donors (Lipinski definition) is 1. The molecule has 0 aliphatic carbocycles. The molecule has 1 atom stereocenters. The van der Waals surface area contributed by atoms with Gasteiger partial charge >= 0.3 is 0 Å². The van der Waals surface area contributed by atoms with E-state index in [9.17, 15) is 0 Å². The number of hydrogen-bond acceptors (Lipinski definition) is 3. The molecule has 0 aromatic heterocycles. The zero-order valence-corrected chi connectivity index (χ0v) is 13.6. The Morgan fingerprint density at radius 2 is 2.00 bits per heavy atom. The minimum atomic E-state index is 0.0372. The monoisotopic (exact) mass is 288 g/mol. The maximum atomic E-state index is 6.48. The lowest BCUT2D eigenvalue weighted by Crippen LogP contribution is -2.52. The Morgan fingerprint density at radius 1 is 1.29 bits per heavy atom. The number of para-hydroxylation sites is 1. The van der Waals surface area contributed by atoms with E-state index >= 15 is 0 Å². The molecule has 1 fully saturated rings. The van der Waals surface area contributed by atoms with Crippen LogP contribution in [0.15, 0.2) is 24.3 Å². The topological polar surface area (TPSA) is 24.5 Å². The van der Waals surface area contributed by atoms with Crippen molar-refractivity contribution in [3.05, 3.63) is 29.8 Å². The largest absolute Gasteiger partial charge is 0.487 e. The number of piperidine rings is 1. The van der Waals surface area contributed by atoms with Crippen LogP contribution in [-0.4, -0.2) is 37.2 Å². The van der Waals surface area contributed by atoms with Gasteiger partial charge in [-0.3, -0.25) is 0 Å². The van der Waals surface area contributed by atoms with Crippen LogP contribution in [-0.2, 0) is 0 Å². The van der Waals surface area contributed by atoms with Crippen molar-refractivity contribution in [1.82, 2.24) is 10.2 Å². The van der Waals surface area contributed by atoms with E-state index in [1.165, 1.54) is 12.1 Å². The Hall–Kier alpha value is -1.06. The van der Waals surface area contributed by atoms with Gasteiger partial charge in [-0.25, -0.2) is 0 Å². The quantitative estimate of drug-likeness (QED) is 0.924. The standard InChI is InChI=1S/C18H28N2O/c1-14(2)13-20-10-8-18(9-11-20)12-16(19-3)15-6-4-5-7-17(15)21-18/h4-7,14,16,19H,8-13H2,1-3H3. The Kier molecular flexibility index (Phi) is 4.23. The molecule has 1 aromatic carbocycles. The number of ether oxygens (including phenoxy) is 1. The summed E-state index contributed by atoms with van der Waals surface area (Å²) >= 11 is 0. The lowest BCUT2D eigenvalue weighted by molar-refractivity contribution is -0.0265. The number of rotatable bonds is 3.